The average Bonchev–Trinajstić information content (AvgIpc) is 3.28. The van der Waals surface area contributed by atoms with E-state index < -0.39 is 65.7 Å². The maximum absolute atomic E-state index is 13.4. The number of rotatable bonds is 14. The number of aryl methyl sites for hydroxylation is 1. The van der Waals surface area contributed by atoms with Crippen LogP contribution in [0.3, 0.4) is 0 Å². The number of phosphoric ester groups is 1. The zero-order chi connectivity index (χ0) is 33.0. The molecule has 1 aromatic carbocycles. The average molecular weight is 721 g/mol. The highest BCUT2D eigenvalue weighted by Crippen LogP contribution is 2.66. The number of aromatic nitrogens is 2. The Morgan fingerprint density at radius 2 is 1.73 bits per heavy atom. The van der Waals surface area contributed by atoms with E-state index in [1.54, 1.807) is 45.9 Å². The van der Waals surface area contributed by atoms with Crippen LogP contribution in [0.25, 0.3) is 0 Å². The summed E-state index contributed by atoms with van der Waals surface area (Å²) in [6.45, 7) is 6.46. The van der Waals surface area contributed by atoms with E-state index in [0.29, 0.717) is 10.8 Å². The summed E-state index contributed by atoms with van der Waals surface area (Å²) >= 11 is 0. The molecule has 22 heteroatoms. The summed E-state index contributed by atoms with van der Waals surface area (Å²) in [7, 11) is -13.8. The fourth-order valence-corrected chi connectivity index (χ4v) is 9.11. The van der Waals surface area contributed by atoms with Gasteiger partial charge in [0.25, 0.3) is 5.56 Å². The summed E-state index contributed by atoms with van der Waals surface area (Å²) in [6.07, 6.45) is -2.78. The predicted molar refractivity (Wildman–Crippen MR) is 159 cm³/mol. The van der Waals surface area contributed by atoms with E-state index in [9.17, 15) is 37.9 Å². The Bertz CT molecular complexity index is 1610. The van der Waals surface area contributed by atoms with E-state index in [4.69, 9.17) is 23.8 Å². The second-order valence-corrected chi connectivity index (χ2v) is 17.3. The van der Waals surface area contributed by atoms with Crippen molar-refractivity contribution in [3.05, 3.63) is 68.0 Å². The molecule has 0 radical (unpaired) electrons. The van der Waals surface area contributed by atoms with Crippen molar-refractivity contribution in [2.45, 2.75) is 63.1 Å². The topological polar surface area (TPSA) is 250 Å². The quantitative estimate of drug-likeness (QED) is 0.106. The molecule has 5 N–H and O–H groups in total. The van der Waals surface area contributed by atoms with Crippen molar-refractivity contribution in [2.24, 2.45) is 0 Å². The van der Waals surface area contributed by atoms with Gasteiger partial charge >= 0.3 is 35.1 Å². The van der Waals surface area contributed by atoms with Crippen molar-refractivity contribution in [3.8, 4) is 0 Å². The van der Waals surface area contributed by atoms with Crippen LogP contribution in [0, 0.1) is 6.92 Å². The molecule has 44 heavy (non-hydrogen) atoms. The number of esters is 1. The first-order valence-corrected chi connectivity index (χ1v) is 19.4. The number of carbonyl (C=O) groups is 1. The molecule has 1 saturated heterocycles. The number of ether oxygens (including phenoxy) is 2. The van der Waals surface area contributed by atoms with Crippen molar-refractivity contribution >= 4 is 51.0 Å². The predicted octanol–water partition coefficient (Wildman–Crippen LogP) is 3.55. The molecule has 3 rings (SSSR count). The van der Waals surface area contributed by atoms with E-state index in [0.717, 1.165) is 4.57 Å². The third-order valence-corrected chi connectivity index (χ3v) is 12.9. The Morgan fingerprint density at radius 3 is 2.36 bits per heavy atom. The van der Waals surface area contributed by atoms with Crippen LogP contribution < -0.4 is 11.2 Å². The first-order chi connectivity index (χ1) is 20.3. The van der Waals surface area contributed by atoms with Gasteiger partial charge in [-0.3, -0.25) is 18.9 Å². The van der Waals surface area contributed by atoms with Gasteiger partial charge in [0.05, 0.1) is 12.2 Å². The lowest BCUT2D eigenvalue weighted by molar-refractivity contribution is -0.0512. The minimum absolute atomic E-state index is 0.123. The molecule has 17 nitrogen and oxygen atoms in total. The standard InChI is InChI=1S/C22H31N2O15P3S2/c1-12(2)43-44-14(4)15-7-5-6-8-16(15)21(26)37-17-9-19(24-10-13(3)20(25)23-22(24)27)36-18(17)11-35-41(31,32)39-42(33,34)38-40(28,29)30/h5-8,10,12,14,17-19H,9,11H2,1-4H3,(H,31,32)(H,33,34)(H,23,25,27)(H2,28,29,30)/t14?,17?,18-,19-/m1/s1. The van der Waals surface area contributed by atoms with Crippen molar-refractivity contribution in [3.63, 3.8) is 0 Å². The van der Waals surface area contributed by atoms with Crippen LogP contribution in [0.15, 0.2) is 40.1 Å². The number of hydrogen-bond acceptors (Lipinski definition) is 13. The summed E-state index contributed by atoms with van der Waals surface area (Å²) in [5, 5.41) is 0.201. The largest absolute Gasteiger partial charge is 0.490 e. The van der Waals surface area contributed by atoms with Crippen LogP contribution in [-0.2, 0) is 36.3 Å². The normalized spacial score (nSPS) is 22.3. The Labute approximate surface area is 258 Å². The molecular formula is C22H31N2O15P3S2. The second kappa shape index (κ2) is 14.9. The lowest BCUT2D eigenvalue weighted by Crippen LogP contribution is -2.33. The fraction of sp³-hybridized carbons (Fsp3) is 0.500. The van der Waals surface area contributed by atoms with Crippen molar-refractivity contribution in [1.82, 2.24) is 9.55 Å². The number of phosphoric acid groups is 3. The maximum Gasteiger partial charge on any atom is 0.490 e. The van der Waals surface area contributed by atoms with E-state index in [1.165, 1.54) is 13.1 Å². The lowest BCUT2D eigenvalue weighted by Gasteiger charge is -2.22. The molecular weight excluding hydrogens is 689 g/mol. The number of H-pyrrole nitrogens is 1. The SMILES string of the molecule is Cc1cn([C@H]2CC(OC(=O)c3ccccc3C(C)SSC(C)C)[C@@H](COP(=O)(O)OP(=O)(O)OP(=O)(O)O)O2)c(=O)[nH]c1=O. The van der Waals surface area contributed by atoms with Crippen LogP contribution in [0.2, 0.25) is 0 Å². The maximum atomic E-state index is 13.4. The van der Waals surface area contributed by atoms with Gasteiger partial charge in [0.15, 0.2) is 0 Å². The molecule has 1 aromatic heterocycles. The summed E-state index contributed by atoms with van der Waals surface area (Å²) in [5.74, 6) is -0.787. The molecule has 1 aliphatic rings. The van der Waals surface area contributed by atoms with Crippen molar-refractivity contribution < 1.29 is 60.7 Å². The molecule has 2 heterocycles. The molecule has 6 atom stereocenters. The lowest BCUT2D eigenvalue weighted by atomic mass is 10.0. The van der Waals surface area contributed by atoms with Crippen LogP contribution >= 0.6 is 45.1 Å². The smallest absolute Gasteiger partial charge is 0.456 e. The zero-order valence-electron chi connectivity index (χ0n) is 23.6. The number of nitrogens with one attached hydrogen (secondary N) is 1. The van der Waals surface area contributed by atoms with Gasteiger partial charge in [-0.25, -0.2) is 23.3 Å². The van der Waals surface area contributed by atoms with Gasteiger partial charge in [0.1, 0.15) is 18.4 Å². The highest BCUT2D eigenvalue weighted by atomic mass is 33.1. The minimum atomic E-state index is -5.79. The van der Waals surface area contributed by atoms with Crippen LogP contribution in [0.5, 0.6) is 0 Å². The molecule has 0 spiro atoms. The Kier molecular flexibility index (Phi) is 12.5. The minimum Gasteiger partial charge on any atom is -0.456 e. The monoisotopic (exact) mass is 720 g/mol. The zero-order valence-corrected chi connectivity index (χ0v) is 27.9. The van der Waals surface area contributed by atoms with Crippen LogP contribution in [0.1, 0.15) is 60.2 Å². The number of benzene rings is 1. The first kappa shape index (κ1) is 36.9. The van der Waals surface area contributed by atoms with Gasteiger partial charge in [0, 0.05) is 28.7 Å². The Balaban J connectivity index is 1.86. The highest BCUT2D eigenvalue weighted by molar-refractivity contribution is 8.77. The van der Waals surface area contributed by atoms with E-state index >= 15 is 0 Å². The third-order valence-electron chi connectivity index (χ3n) is 5.72. The molecule has 0 bridgehead atoms. The molecule has 1 fully saturated rings. The van der Waals surface area contributed by atoms with Crippen LogP contribution in [-0.4, -0.2) is 59.2 Å². The molecule has 2 aromatic rings. The summed E-state index contributed by atoms with van der Waals surface area (Å²) in [5.41, 5.74) is -0.454. The first-order valence-electron chi connectivity index (χ1n) is 12.6. The number of nitrogens with zero attached hydrogens (tertiary/aromatic N) is 1. The summed E-state index contributed by atoms with van der Waals surface area (Å²) in [4.78, 5) is 76.6. The Morgan fingerprint density at radius 1 is 1.07 bits per heavy atom. The van der Waals surface area contributed by atoms with Gasteiger partial charge in [0.2, 0.25) is 0 Å². The fourth-order valence-electron chi connectivity index (χ4n) is 3.90. The van der Waals surface area contributed by atoms with E-state index in [1.807, 2.05) is 20.8 Å². The van der Waals surface area contributed by atoms with Gasteiger partial charge < -0.3 is 29.0 Å². The van der Waals surface area contributed by atoms with Gasteiger partial charge in [-0.15, -0.1) is 0 Å². The molecule has 0 aliphatic carbocycles. The highest BCUT2D eigenvalue weighted by Gasteiger charge is 2.44. The number of carbonyl (C=O) groups excluding carboxylic acids is 1. The molecule has 4 unspecified atom stereocenters. The third kappa shape index (κ3) is 10.8. The number of aromatic amines is 1. The van der Waals surface area contributed by atoms with E-state index in [-0.39, 0.29) is 22.8 Å². The number of hydrogen-bond donors (Lipinski definition) is 5. The van der Waals surface area contributed by atoms with Crippen LogP contribution in [0.4, 0.5) is 0 Å². The molecule has 0 amide bonds. The van der Waals surface area contributed by atoms with Gasteiger partial charge in [-0.05, 0) is 25.5 Å². The second-order valence-electron chi connectivity index (χ2n) is 9.64. The van der Waals surface area contributed by atoms with Gasteiger partial charge in [-0.2, -0.15) is 8.62 Å². The molecule has 0 saturated carbocycles. The summed E-state index contributed by atoms with van der Waals surface area (Å²) < 4.78 is 59.6. The van der Waals surface area contributed by atoms with E-state index in [2.05, 4.69) is 13.6 Å². The Hall–Kier alpha value is -1.56. The molecule has 1 aliphatic heterocycles. The van der Waals surface area contributed by atoms with Crippen molar-refractivity contribution in [1.29, 1.82) is 0 Å². The molecule has 246 valence electrons. The summed E-state index contributed by atoms with van der Waals surface area (Å²) in [6, 6.07) is 6.71. The van der Waals surface area contributed by atoms with Crippen molar-refractivity contribution in [2.75, 3.05) is 6.61 Å². The van der Waals surface area contributed by atoms with Gasteiger partial charge in [-0.1, -0.05) is 53.6 Å².